The Balaban J connectivity index is 3.69. The molecule has 0 saturated heterocycles. The molecule has 0 heterocycles. The predicted octanol–water partition coefficient (Wildman–Crippen LogP) is 1.95. The van der Waals surface area contributed by atoms with Crippen molar-refractivity contribution in [2.45, 2.75) is 12.8 Å². The summed E-state index contributed by atoms with van der Waals surface area (Å²) in [6, 6.07) is 1.82. The fourth-order valence-corrected chi connectivity index (χ4v) is 1.95. The van der Waals surface area contributed by atoms with Gasteiger partial charge in [-0.3, -0.25) is 20.2 Å². The summed E-state index contributed by atoms with van der Waals surface area (Å²) >= 11 is 0. The molecule has 9 heteroatoms. The van der Waals surface area contributed by atoms with Crippen molar-refractivity contribution in [2.75, 3.05) is 13.7 Å². The van der Waals surface area contributed by atoms with Gasteiger partial charge in [0.15, 0.2) is 0 Å². The molecule has 1 atom stereocenters. The quantitative estimate of drug-likeness (QED) is 0.623. The Labute approximate surface area is 113 Å². The molecule has 1 aromatic carbocycles. The standard InChI is InChI=1S/C11H12N2O7/c1-6(5-20-2)9-8(12(16)17)4-3-7(11(14)15)10(9)13(18)19/h3-4,6H,5H2,1-2H3,(H,14,15). The molecule has 0 spiro atoms. The average Bonchev–Trinajstić information content (AvgIpc) is 2.36. The van der Waals surface area contributed by atoms with Crippen LogP contribution in [0.2, 0.25) is 0 Å². The van der Waals surface area contributed by atoms with Crippen LogP contribution in [0, 0.1) is 20.2 Å². The summed E-state index contributed by atoms with van der Waals surface area (Å²) in [5.41, 5.74) is -2.09. The molecule has 0 aliphatic heterocycles. The second-order valence-corrected chi connectivity index (χ2v) is 4.07. The molecule has 1 N–H and O–H groups in total. The Morgan fingerprint density at radius 3 is 2.35 bits per heavy atom. The Kier molecular flexibility index (Phi) is 4.70. The molecule has 0 aliphatic carbocycles. The zero-order chi connectivity index (χ0) is 15.4. The maximum absolute atomic E-state index is 11.1. The first-order valence-corrected chi connectivity index (χ1v) is 5.49. The van der Waals surface area contributed by atoms with Crippen molar-refractivity contribution in [3.05, 3.63) is 43.5 Å². The van der Waals surface area contributed by atoms with Crippen LogP contribution in [0.3, 0.4) is 0 Å². The molecule has 0 amide bonds. The molecule has 20 heavy (non-hydrogen) atoms. The van der Waals surface area contributed by atoms with Gasteiger partial charge in [-0.2, -0.15) is 0 Å². The molecule has 0 radical (unpaired) electrons. The third kappa shape index (κ3) is 2.88. The normalized spacial score (nSPS) is 11.9. The van der Waals surface area contributed by atoms with Crippen molar-refractivity contribution in [3.8, 4) is 0 Å². The summed E-state index contributed by atoms with van der Waals surface area (Å²) in [5.74, 6) is -2.21. The second-order valence-electron chi connectivity index (χ2n) is 4.07. The summed E-state index contributed by atoms with van der Waals surface area (Å²) in [6.45, 7) is 1.48. The van der Waals surface area contributed by atoms with Crippen molar-refractivity contribution in [1.29, 1.82) is 0 Å². The number of rotatable bonds is 6. The Morgan fingerprint density at radius 1 is 1.35 bits per heavy atom. The largest absolute Gasteiger partial charge is 0.477 e. The van der Waals surface area contributed by atoms with Crippen LogP contribution in [0.15, 0.2) is 12.1 Å². The number of hydrogen-bond acceptors (Lipinski definition) is 6. The zero-order valence-corrected chi connectivity index (χ0v) is 10.7. The summed E-state index contributed by atoms with van der Waals surface area (Å²) < 4.78 is 4.84. The highest BCUT2D eigenvalue weighted by Gasteiger charge is 2.34. The molecule has 0 saturated carbocycles. The van der Waals surface area contributed by atoms with Crippen LogP contribution in [0.4, 0.5) is 11.4 Å². The molecule has 1 rings (SSSR count). The van der Waals surface area contributed by atoms with Crippen LogP contribution in [0.1, 0.15) is 28.8 Å². The molecule has 0 bridgehead atoms. The van der Waals surface area contributed by atoms with Gasteiger partial charge in [0.2, 0.25) is 0 Å². The van der Waals surface area contributed by atoms with Gasteiger partial charge in [0.05, 0.1) is 16.5 Å². The Morgan fingerprint density at radius 2 is 1.95 bits per heavy atom. The van der Waals surface area contributed by atoms with E-state index in [0.29, 0.717) is 0 Å². The number of carbonyl (C=O) groups is 1. The molecule has 1 unspecified atom stereocenters. The first-order chi connectivity index (χ1) is 9.31. The molecule has 9 nitrogen and oxygen atoms in total. The highest BCUT2D eigenvalue weighted by atomic mass is 16.6. The van der Waals surface area contributed by atoms with E-state index < -0.39 is 38.7 Å². The number of nitro benzene ring substituents is 2. The predicted molar refractivity (Wildman–Crippen MR) is 67.0 cm³/mol. The summed E-state index contributed by atoms with van der Waals surface area (Å²) in [5, 5.41) is 31.1. The maximum Gasteiger partial charge on any atom is 0.342 e. The second kappa shape index (κ2) is 6.06. The lowest BCUT2D eigenvalue weighted by atomic mass is 9.95. The number of nitrogens with zero attached hydrogens (tertiary/aromatic N) is 2. The van der Waals surface area contributed by atoms with Gasteiger partial charge in [-0.05, 0) is 6.07 Å². The minimum absolute atomic E-state index is 0.00917. The Bertz CT molecular complexity index is 570. The van der Waals surface area contributed by atoms with Crippen molar-refractivity contribution in [3.63, 3.8) is 0 Å². The van der Waals surface area contributed by atoms with Crippen LogP contribution < -0.4 is 0 Å². The van der Waals surface area contributed by atoms with E-state index in [9.17, 15) is 25.0 Å². The van der Waals surface area contributed by atoms with E-state index >= 15 is 0 Å². The number of carboxylic acid groups (broad SMARTS) is 1. The molecular formula is C11H12N2O7. The van der Waals surface area contributed by atoms with Gasteiger partial charge in [0.1, 0.15) is 11.1 Å². The number of carboxylic acids is 1. The monoisotopic (exact) mass is 284 g/mol. The van der Waals surface area contributed by atoms with Crippen molar-refractivity contribution < 1.29 is 24.5 Å². The van der Waals surface area contributed by atoms with Crippen molar-refractivity contribution in [2.24, 2.45) is 0 Å². The summed E-state index contributed by atoms with van der Waals surface area (Å²) in [4.78, 5) is 31.4. The van der Waals surface area contributed by atoms with Gasteiger partial charge in [-0.15, -0.1) is 0 Å². The summed E-state index contributed by atoms with van der Waals surface area (Å²) in [6.07, 6.45) is 0. The van der Waals surface area contributed by atoms with Crippen LogP contribution in [0.25, 0.3) is 0 Å². The van der Waals surface area contributed by atoms with E-state index in [-0.39, 0.29) is 12.2 Å². The van der Waals surface area contributed by atoms with Gasteiger partial charge in [0.25, 0.3) is 11.4 Å². The van der Waals surface area contributed by atoms with Gasteiger partial charge in [-0.25, -0.2) is 4.79 Å². The van der Waals surface area contributed by atoms with Crippen LogP contribution in [-0.2, 0) is 4.74 Å². The molecule has 108 valence electrons. The minimum Gasteiger partial charge on any atom is -0.477 e. The molecule has 0 aliphatic rings. The van der Waals surface area contributed by atoms with Gasteiger partial charge in [-0.1, -0.05) is 6.92 Å². The number of methoxy groups -OCH3 is 1. The number of aromatic carboxylic acids is 1. The minimum atomic E-state index is -1.52. The fraction of sp³-hybridized carbons (Fsp3) is 0.364. The highest BCUT2D eigenvalue weighted by Crippen LogP contribution is 2.37. The first-order valence-electron chi connectivity index (χ1n) is 5.49. The van der Waals surface area contributed by atoms with Crippen molar-refractivity contribution in [1.82, 2.24) is 0 Å². The molecule has 1 aromatic rings. The van der Waals surface area contributed by atoms with E-state index in [1.54, 1.807) is 0 Å². The fourth-order valence-electron chi connectivity index (χ4n) is 1.95. The van der Waals surface area contributed by atoms with E-state index in [2.05, 4.69) is 0 Å². The van der Waals surface area contributed by atoms with Crippen LogP contribution in [-0.4, -0.2) is 34.6 Å². The number of ether oxygens (including phenoxy) is 1. The average molecular weight is 284 g/mol. The maximum atomic E-state index is 11.1. The number of hydrogen-bond donors (Lipinski definition) is 1. The van der Waals surface area contributed by atoms with Gasteiger partial charge < -0.3 is 9.84 Å². The van der Waals surface area contributed by atoms with E-state index in [0.717, 1.165) is 12.1 Å². The molecule has 0 aromatic heterocycles. The third-order valence-corrected chi connectivity index (χ3v) is 2.71. The SMILES string of the molecule is COCC(C)c1c([N+](=O)[O-])ccc(C(=O)O)c1[N+](=O)[O-]. The van der Waals surface area contributed by atoms with E-state index in [4.69, 9.17) is 9.84 Å². The molecule has 0 fully saturated rings. The Hall–Kier alpha value is -2.55. The van der Waals surface area contributed by atoms with Crippen LogP contribution in [0.5, 0.6) is 0 Å². The van der Waals surface area contributed by atoms with E-state index in [1.807, 2.05) is 0 Å². The van der Waals surface area contributed by atoms with Gasteiger partial charge >= 0.3 is 5.97 Å². The van der Waals surface area contributed by atoms with Gasteiger partial charge in [0, 0.05) is 19.1 Å². The van der Waals surface area contributed by atoms with E-state index in [1.165, 1.54) is 14.0 Å². The number of benzene rings is 1. The molecular weight excluding hydrogens is 272 g/mol. The lowest BCUT2D eigenvalue weighted by molar-refractivity contribution is -0.396. The smallest absolute Gasteiger partial charge is 0.342 e. The highest BCUT2D eigenvalue weighted by molar-refractivity contribution is 5.94. The lowest BCUT2D eigenvalue weighted by Gasteiger charge is -2.12. The lowest BCUT2D eigenvalue weighted by Crippen LogP contribution is -2.12. The topological polar surface area (TPSA) is 133 Å². The first kappa shape index (κ1) is 15.5. The van der Waals surface area contributed by atoms with Crippen molar-refractivity contribution >= 4 is 17.3 Å². The zero-order valence-electron chi connectivity index (χ0n) is 10.7. The summed E-state index contributed by atoms with van der Waals surface area (Å²) in [7, 11) is 1.34. The number of nitro groups is 2. The van der Waals surface area contributed by atoms with Crippen LogP contribution >= 0.6 is 0 Å². The third-order valence-electron chi connectivity index (χ3n) is 2.71.